The second kappa shape index (κ2) is 8.19. The second-order valence-electron chi connectivity index (χ2n) is 8.81. The van der Waals surface area contributed by atoms with Gasteiger partial charge in [0.05, 0.1) is 14.2 Å². The SMILES string of the molecule is CCOCC.Cc1ccc2c(c1)C(O)C(C)([Si](C)(C)C(C)(C)C)C=C2. The Hall–Kier alpha value is -0.903. The van der Waals surface area contributed by atoms with Crippen molar-refractivity contribution in [2.24, 2.45) is 0 Å². The Bertz CT molecular complexity index is 597. The van der Waals surface area contributed by atoms with Crippen molar-refractivity contribution < 1.29 is 9.84 Å². The Balaban J connectivity index is 0.000000550. The summed E-state index contributed by atoms with van der Waals surface area (Å²) in [5, 5.41) is 11.2. The van der Waals surface area contributed by atoms with Crippen molar-refractivity contribution in [3.63, 3.8) is 0 Å². The van der Waals surface area contributed by atoms with Gasteiger partial charge in [-0.25, -0.2) is 0 Å². The molecule has 0 saturated heterocycles. The van der Waals surface area contributed by atoms with Gasteiger partial charge in [-0.15, -0.1) is 0 Å². The number of aliphatic hydroxyl groups excluding tert-OH is 1. The topological polar surface area (TPSA) is 29.5 Å². The molecule has 0 bridgehead atoms. The van der Waals surface area contributed by atoms with Crippen LogP contribution >= 0.6 is 0 Å². The van der Waals surface area contributed by atoms with E-state index in [2.05, 4.69) is 78.1 Å². The molecule has 142 valence electrons. The van der Waals surface area contributed by atoms with Crippen molar-refractivity contribution in [2.75, 3.05) is 13.2 Å². The summed E-state index contributed by atoms with van der Waals surface area (Å²) < 4.78 is 4.83. The van der Waals surface area contributed by atoms with Crippen LogP contribution in [0.4, 0.5) is 0 Å². The zero-order valence-corrected chi connectivity index (χ0v) is 18.7. The van der Waals surface area contributed by atoms with E-state index in [4.69, 9.17) is 4.74 Å². The lowest BCUT2D eigenvalue weighted by Crippen LogP contribution is -2.51. The summed E-state index contributed by atoms with van der Waals surface area (Å²) >= 11 is 0. The minimum absolute atomic E-state index is 0.133. The fraction of sp³-hybridized carbons (Fsp3) is 0.636. The summed E-state index contributed by atoms with van der Waals surface area (Å²) in [6.07, 6.45) is 4.08. The minimum Gasteiger partial charge on any atom is -0.388 e. The number of hydrogen-bond donors (Lipinski definition) is 1. The highest BCUT2D eigenvalue weighted by Gasteiger charge is 2.53. The molecule has 2 unspecified atom stereocenters. The van der Waals surface area contributed by atoms with Gasteiger partial charge in [0, 0.05) is 18.3 Å². The monoisotopic (exact) mass is 362 g/mol. The van der Waals surface area contributed by atoms with Crippen LogP contribution in [0.25, 0.3) is 6.08 Å². The smallest absolute Gasteiger partial charge is 0.0860 e. The van der Waals surface area contributed by atoms with Crippen LogP contribution in [0.3, 0.4) is 0 Å². The van der Waals surface area contributed by atoms with Crippen LogP contribution in [-0.2, 0) is 4.74 Å². The number of benzene rings is 1. The van der Waals surface area contributed by atoms with E-state index in [1.54, 1.807) is 0 Å². The molecule has 2 atom stereocenters. The number of rotatable bonds is 3. The number of fused-ring (bicyclic) bond motifs is 1. The van der Waals surface area contributed by atoms with Gasteiger partial charge in [-0.1, -0.05) is 76.7 Å². The summed E-state index contributed by atoms with van der Waals surface area (Å²) in [5.74, 6) is 0. The van der Waals surface area contributed by atoms with E-state index in [-0.39, 0.29) is 10.1 Å². The van der Waals surface area contributed by atoms with E-state index in [1.165, 1.54) is 11.1 Å². The van der Waals surface area contributed by atoms with Crippen molar-refractivity contribution in [1.29, 1.82) is 0 Å². The maximum Gasteiger partial charge on any atom is 0.0860 e. The van der Waals surface area contributed by atoms with Crippen molar-refractivity contribution in [3.8, 4) is 0 Å². The summed E-state index contributed by atoms with van der Waals surface area (Å²) in [6.45, 7) is 21.8. The molecule has 1 aromatic carbocycles. The van der Waals surface area contributed by atoms with Crippen LogP contribution in [-0.4, -0.2) is 26.4 Å². The van der Waals surface area contributed by atoms with E-state index in [0.29, 0.717) is 0 Å². The maximum absolute atomic E-state index is 11.1. The lowest BCUT2D eigenvalue weighted by atomic mass is 9.86. The summed E-state index contributed by atoms with van der Waals surface area (Å²) in [7, 11) is -1.71. The van der Waals surface area contributed by atoms with Gasteiger partial charge < -0.3 is 9.84 Å². The third-order valence-electron chi connectivity index (χ3n) is 6.34. The highest BCUT2D eigenvalue weighted by atomic mass is 28.3. The summed E-state index contributed by atoms with van der Waals surface area (Å²) in [4.78, 5) is 0. The molecule has 1 aliphatic rings. The Labute approximate surface area is 156 Å². The van der Waals surface area contributed by atoms with Crippen molar-refractivity contribution in [2.45, 2.75) is 77.7 Å². The molecule has 2 rings (SSSR count). The van der Waals surface area contributed by atoms with Crippen molar-refractivity contribution in [1.82, 2.24) is 0 Å². The molecule has 0 aliphatic heterocycles. The van der Waals surface area contributed by atoms with Crippen LogP contribution in [0.5, 0.6) is 0 Å². The number of ether oxygens (including phenoxy) is 1. The first-order valence-corrected chi connectivity index (χ1v) is 12.5. The Morgan fingerprint density at radius 3 is 2.16 bits per heavy atom. The van der Waals surface area contributed by atoms with E-state index in [9.17, 15) is 5.11 Å². The lowest BCUT2D eigenvalue weighted by molar-refractivity contribution is 0.139. The van der Waals surface area contributed by atoms with Gasteiger partial charge in [0.25, 0.3) is 0 Å². The quantitative estimate of drug-likeness (QED) is 0.633. The van der Waals surface area contributed by atoms with Crippen LogP contribution in [0.15, 0.2) is 24.3 Å². The van der Waals surface area contributed by atoms with E-state index in [1.807, 2.05) is 13.8 Å². The van der Waals surface area contributed by atoms with Crippen LogP contribution < -0.4 is 0 Å². The molecule has 0 fully saturated rings. The van der Waals surface area contributed by atoms with Gasteiger partial charge >= 0.3 is 0 Å². The second-order valence-corrected chi connectivity index (χ2v) is 14.6. The maximum atomic E-state index is 11.1. The van der Waals surface area contributed by atoms with Gasteiger partial charge in [0.1, 0.15) is 0 Å². The predicted octanol–water partition coefficient (Wildman–Crippen LogP) is 6.37. The lowest BCUT2D eigenvalue weighted by Gasteiger charge is -2.53. The molecule has 0 radical (unpaired) electrons. The molecular formula is C22H38O2Si. The van der Waals surface area contributed by atoms with Gasteiger partial charge in [-0.3, -0.25) is 0 Å². The van der Waals surface area contributed by atoms with Gasteiger partial charge in [-0.05, 0) is 36.9 Å². The first kappa shape index (κ1) is 22.1. The third-order valence-corrected chi connectivity index (χ3v) is 13.2. The first-order valence-electron chi connectivity index (χ1n) is 9.48. The van der Waals surface area contributed by atoms with Crippen LogP contribution in [0.2, 0.25) is 23.2 Å². The van der Waals surface area contributed by atoms with Crippen LogP contribution in [0.1, 0.15) is 64.3 Å². The highest BCUT2D eigenvalue weighted by Crippen LogP contribution is 2.60. The average Bonchev–Trinajstić information content (AvgIpc) is 2.52. The predicted molar refractivity (Wildman–Crippen MR) is 113 cm³/mol. The highest BCUT2D eigenvalue weighted by molar-refractivity contribution is 6.83. The molecule has 3 heteroatoms. The molecule has 25 heavy (non-hydrogen) atoms. The molecule has 0 heterocycles. The fourth-order valence-electron chi connectivity index (χ4n) is 3.32. The van der Waals surface area contributed by atoms with E-state index >= 15 is 0 Å². The van der Waals surface area contributed by atoms with Gasteiger partial charge in [0.15, 0.2) is 0 Å². The summed E-state index contributed by atoms with van der Waals surface area (Å²) in [6, 6.07) is 6.38. The average molecular weight is 363 g/mol. The zero-order chi connectivity index (χ0) is 19.5. The summed E-state index contributed by atoms with van der Waals surface area (Å²) in [5.41, 5.74) is 3.48. The van der Waals surface area contributed by atoms with Gasteiger partial charge in [-0.2, -0.15) is 0 Å². The molecule has 0 spiro atoms. The Morgan fingerprint density at radius 1 is 1.16 bits per heavy atom. The van der Waals surface area contributed by atoms with Crippen LogP contribution in [0, 0.1) is 6.92 Å². The molecule has 1 aromatic rings. The first-order chi connectivity index (χ1) is 11.4. The van der Waals surface area contributed by atoms with Crippen molar-refractivity contribution in [3.05, 3.63) is 41.0 Å². The molecule has 0 amide bonds. The Kier molecular flexibility index (Phi) is 7.26. The number of aryl methyl sites for hydroxylation is 1. The molecular weight excluding hydrogens is 324 g/mol. The molecule has 1 aliphatic carbocycles. The number of aliphatic hydroxyl groups is 1. The zero-order valence-electron chi connectivity index (χ0n) is 17.7. The third kappa shape index (κ3) is 4.44. The van der Waals surface area contributed by atoms with E-state index in [0.717, 1.165) is 18.8 Å². The molecule has 0 saturated carbocycles. The molecule has 1 N–H and O–H groups in total. The van der Waals surface area contributed by atoms with E-state index < -0.39 is 14.2 Å². The fourth-order valence-corrected chi connectivity index (χ4v) is 6.28. The van der Waals surface area contributed by atoms with Crippen molar-refractivity contribution >= 4 is 14.1 Å². The van der Waals surface area contributed by atoms with Gasteiger partial charge in [0.2, 0.25) is 0 Å². The largest absolute Gasteiger partial charge is 0.388 e. The normalized spacial score (nSPS) is 22.9. The standard InChI is InChI=1S/C18H28OSi.C4H10O/c1-13-8-9-14-10-11-18(5,16(19)15(14)12-13)20(6,7)17(2,3)4;1-3-5-4-2/h8-12,16,19H,1-7H3;3-4H2,1-2H3. The molecule has 2 nitrogen and oxygen atoms in total. The minimum atomic E-state index is -1.71. The number of hydrogen-bond acceptors (Lipinski definition) is 2. The molecule has 0 aromatic heterocycles. The Morgan fingerprint density at radius 2 is 1.72 bits per heavy atom.